The molecule has 0 atom stereocenters. The lowest BCUT2D eigenvalue weighted by atomic mass is 10.0. The Kier molecular flexibility index (Phi) is 4.67. The highest BCUT2D eigenvalue weighted by molar-refractivity contribution is 6.18. The van der Waals surface area contributed by atoms with Gasteiger partial charge in [-0.15, -0.1) is 0 Å². The second kappa shape index (κ2) is 7.67. The summed E-state index contributed by atoms with van der Waals surface area (Å²) in [6, 6.07) is 28.6. The van der Waals surface area contributed by atoms with Gasteiger partial charge in [0.1, 0.15) is 5.69 Å². The molecule has 0 aliphatic carbocycles. The summed E-state index contributed by atoms with van der Waals surface area (Å²) < 4.78 is 1.21. The number of carbonyl (C=O) groups is 2. The van der Waals surface area contributed by atoms with E-state index in [0.29, 0.717) is 11.4 Å². The minimum Gasteiger partial charge on any atom is -0.477 e. The van der Waals surface area contributed by atoms with Crippen molar-refractivity contribution in [1.29, 1.82) is 0 Å². The lowest BCUT2D eigenvalue weighted by Gasteiger charge is -2.25. The fourth-order valence-corrected chi connectivity index (χ4v) is 4.04. The predicted molar refractivity (Wildman–Crippen MR) is 125 cm³/mol. The molecule has 4 aromatic carbocycles. The molecule has 1 aromatic heterocycles. The van der Waals surface area contributed by atoms with Crippen LogP contribution in [0.1, 0.15) is 21.0 Å². The molecule has 5 aromatic rings. The number of rotatable bonds is 4. The molecule has 0 saturated carbocycles. The molecule has 6 heteroatoms. The second-order valence-electron chi connectivity index (χ2n) is 7.48. The number of carboxylic acid groups (broad SMARTS) is 1. The number of carbonyl (C=O) groups excluding carboxylic acids is 1. The zero-order chi connectivity index (χ0) is 22.2. The van der Waals surface area contributed by atoms with Gasteiger partial charge in [-0.2, -0.15) is 5.10 Å². The fourth-order valence-electron chi connectivity index (χ4n) is 4.04. The first kappa shape index (κ1) is 19.5. The van der Waals surface area contributed by atoms with Crippen molar-refractivity contribution in [1.82, 2.24) is 9.78 Å². The lowest BCUT2D eigenvalue weighted by molar-refractivity contribution is 0.0684. The first-order valence-corrected chi connectivity index (χ1v) is 10.1. The zero-order valence-electron chi connectivity index (χ0n) is 17.3. The topological polar surface area (TPSA) is 75.4 Å². The quantitative estimate of drug-likeness (QED) is 0.421. The van der Waals surface area contributed by atoms with Crippen molar-refractivity contribution < 1.29 is 14.7 Å². The first-order valence-electron chi connectivity index (χ1n) is 10.1. The summed E-state index contributed by atoms with van der Waals surface area (Å²) in [4.78, 5) is 27.0. The second-order valence-corrected chi connectivity index (χ2v) is 7.48. The summed E-state index contributed by atoms with van der Waals surface area (Å²) in [5.74, 6) is -1.54. The molecule has 0 radical (unpaired) electrons. The minimum absolute atomic E-state index is 0.0517. The molecule has 32 heavy (non-hydrogen) atoms. The van der Waals surface area contributed by atoms with Crippen LogP contribution in [0.2, 0.25) is 0 Å². The highest BCUT2D eigenvalue weighted by atomic mass is 16.4. The maximum Gasteiger partial charge on any atom is 0.354 e. The largest absolute Gasteiger partial charge is 0.477 e. The molecule has 0 unspecified atom stereocenters. The van der Waals surface area contributed by atoms with Crippen LogP contribution >= 0.6 is 0 Å². The summed E-state index contributed by atoms with van der Waals surface area (Å²) in [5.41, 5.74) is 1.41. The smallest absolute Gasteiger partial charge is 0.354 e. The molecule has 0 aliphatic rings. The van der Waals surface area contributed by atoms with Crippen LogP contribution in [-0.4, -0.2) is 26.8 Å². The van der Waals surface area contributed by atoms with Gasteiger partial charge in [-0.1, -0.05) is 72.8 Å². The zero-order valence-corrected chi connectivity index (χ0v) is 17.3. The summed E-state index contributed by atoms with van der Waals surface area (Å²) in [6.07, 6.45) is 0. The number of benzene rings is 4. The van der Waals surface area contributed by atoms with E-state index in [2.05, 4.69) is 5.10 Å². The van der Waals surface area contributed by atoms with Crippen molar-refractivity contribution in [2.75, 3.05) is 4.90 Å². The average Bonchev–Trinajstić information content (AvgIpc) is 3.21. The fraction of sp³-hybridized carbons (Fsp3) is 0.0385. The van der Waals surface area contributed by atoms with Gasteiger partial charge >= 0.3 is 5.97 Å². The van der Waals surface area contributed by atoms with Gasteiger partial charge in [0.05, 0.1) is 11.4 Å². The molecular weight excluding hydrogens is 402 g/mol. The van der Waals surface area contributed by atoms with Crippen LogP contribution in [0.5, 0.6) is 0 Å². The molecule has 1 heterocycles. The van der Waals surface area contributed by atoms with Crippen LogP contribution in [0.15, 0.2) is 91.0 Å². The van der Waals surface area contributed by atoms with Crippen LogP contribution in [0.3, 0.4) is 0 Å². The SMILES string of the molecule is Cn1nc(C(=O)N(c2cccc3ccccc23)c2cccc3ccccc23)cc1C(=O)O. The summed E-state index contributed by atoms with van der Waals surface area (Å²) >= 11 is 0. The number of anilines is 2. The number of amides is 1. The van der Waals surface area contributed by atoms with Gasteiger partial charge in [0.2, 0.25) is 0 Å². The van der Waals surface area contributed by atoms with Gasteiger partial charge in [0, 0.05) is 23.9 Å². The highest BCUT2D eigenvalue weighted by Crippen LogP contribution is 2.37. The number of aryl methyl sites for hydroxylation is 1. The third kappa shape index (κ3) is 3.18. The van der Waals surface area contributed by atoms with Crippen LogP contribution in [-0.2, 0) is 7.05 Å². The molecule has 0 aliphatic heterocycles. The molecule has 6 nitrogen and oxygen atoms in total. The monoisotopic (exact) mass is 421 g/mol. The molecule has 1 N–H and O–H groups in total. The predicted octanol–water partition coefficient (Wildman–Crippen LogP) is 5.40. The molecule has 0 spiro atoms. The van der Waals surface area contributed by atoms with Crippen molar-refractivity contribution in [3.8, 4) is 0 Å². The normalized spacial score (nSPS) is 11.0. The van der Waals surface area contributed by atoms with Crippen molar-refractivity contribution in [3.63, 3.8) is 0 Å². The lowest BCUT2D eigenvalue weighted by Crippen LogP contribution is -2.27. The Morgan fingerprint density at radius 3 is 1.78 bits per heavy atom. The number of carboxylic acids is 1. The Bertz CT molecular complexity index is 1410. The Labute approximate surface area is 183 Å². The molecule has 5 rings (SSSR count). The number of aromatic nitrogens is 2. The van der Waals surface area contributed by atoms with E-state index in [9.17, 15) is 14.7 Å². The van der Waals surface area contributed by atoms with Crippen molar-refractivity contribution in [2.24, 2.45) is 7.05 Å². The van der Waals surface area contributed by atoms with E-state index in [0.717, 1.165) is 21.5 Å². The van der Waals surface area contributed by atoms with E-state index >= 15 is 0 Å². The van der Waals surface area contributed by atoms with Crippen molar-refractivity contribution >= 4 is 44.8 Å². The number of aromatic carboxylic acids is 1. The maximum absolute atomic E-state index is 13.9. The Hall–Kier alpha value is -4.45. The number of nitrogens with zero attached hydrogens (tertiary/aromatic N) is 3. The molecule has 0 bridgehead atoms. The van der Waals surface area contributed by atoms with E-state index in [1.54, 1.807) is 4.90 Å². The summed E-state index contributed by atoms with van der Waals surface area (Å²) in [6.45, 7) is 0. The van der Waals surface area contributed by atoms with Gasteiger partial charge in [-0.25, -0.2) is 4.79 Å². The Morgan fingerprint density at radius 1 is 0.781 bits per heavy atom. The van der Waals surface area contributed by atoms with Crippen LogP contribution in [0.25, 0.3) is 21.5 Å². The minimum atomic E-state index is -1.14. The first-order chi connectivity index (χ1) is 15.5. The van der Waals surface area contributed by atoms with Gasteiger partial charge in [0.15, 0.2) is 5.69 Å². The standard InChI is InChI=1S/C26H19N3O3/c1-28-24(26(31)32)16-21(27-28)25(30)29(22-14-6-10-17-8-2-4-12-19(17)22)23-15-7-11-18-9-3-5-13-20(18)23/h2-16H,1H3,(H,31,32). The number of fused-ring (bicyclic) bond motifs is 2. The van der Waals surface area contributed by atoms with Crippen LogP contribution in [0.4, 0.5) is 11.4 Å². The van der Waals surface area contributed by atoms with Gasteiger partial charge in [-0.3, -0.25) is 14.4 Å². The molecule has 156 valence electrons. The number of hydrogen-bond acceptors (Lipinski definition) is 3. The van der Waals surface area contributed by atoms with Gasteiger partial charge < -0.3 is 5.11 Å². The average molecular weight is 421 g/mol. The van der Waals surface area contributed by atoms with Crippen molar-refractivity contribution in [2.45, 2.75) is 0 Å². The molecular formula is C26H19N3O3. The van der Waals surface area contributed by atoms with Crippen LogP contribution in [0, 0.1) is 0 Å². The number of hydrogen-bond donors (Lipinski definition) is 1. The third-order valence-corrected chi connectivity index (χ3v) is 5.54. The third-order valence-electron chi connectivity index (χ3n) is 5.54. The highest BCUT2D eigenvalue weighted by Gasteiger charge is 2.27. The Balaban J connectivity index is 1.79. The van der Waals surface area contributed by atoms with E-state index in [1.807, 2.05) is 84.9 Å². The van der Waals surface area contributed by atoms with Gasteiger partial charge in [-0.05, 0) is 22.9 Å². The summed E-state index contributed by atoms with van der Waals surface area (Å²) in [5, 5.41) is 17.4. The van der Waals surface area contributed by atoms with E-state index in [4.69, 9.17) is 0 Å². The van der Waals surface area contributed by atoms with Crippen LogP contribution < -0.4 is 4.90 Å². The molecule has 0 fully saturated rings. The van der Waals surface area contributed by atoms with Gasteiger partial charge in [0.25, 0.3) is 5.91 Å². The Morgan fingerprint density at radius 2 is 1.28 bits per heavy atom. The molecule has 1 amide bonds. The molecule has 0 saturated heterocycles. The van der Waals surface area contributed by atoms with E-state index in [1.165, 1.54) is 17.8 Å². The maximum atomic E-state index is 13.9. The van der Waals surface area contributed by atoms with E-state index < -0.39 is 11.9 Å². The van der Waals surface area contributed by atoms with E-state index in [-0.39, 0.29) is 11.4 Å². The van der Waals surface area contributed by atoms with Crippen molar-refractivity contribution in [3.05, 3.63) is 102 Å². The summed E-state index contributed by atoms with van der Waals surface area (Å²) in [7, 11) is 1.51.